The number of carbonyl (C=O) groups excluding carboxylic acids is 1. The molecule has 0 saturated carbocycles. The Hall–Kier alpha value is -1.65. The molecule has 1 saturated heterocycles. The van der Waals surface area contributed by atoms with Gasteiger partial charge in [-0.1, -0.05) is 22.7 Å². The lowest BCUT2D eigenvalue weighted by Gasteiger charge is -2.16. The second kappa shape index (κ2) is 5.28. The van der Waals surface area contributed by atoms with E-state index < -0.39 is 33.9 Å². The molecule has 6 nitrogen and oxygen atoms in total. The van der Waals surface area contributed by atoms with Crippen LogP contribution in [0.4, 0.5) is 13.2 Å². The average Bonchev–Trinajstić information content (AvgIpc) is 2.87. The van der Waals surface area contributed by atoms with Gasteiger partial charge in [-0.05, 0) is 11.6 Å². The van der Waals surface area contributed by atoms with Gasteiger partial charge in [0.25, 0.3) is 0 Å². The van der Waals surface area contributed by atoms with E-state index in [2.05, 4.69) is 4.84 Å². The fourth-order valence-electron chi connectivity index (χ4n) is 2.01. The molecule has 2 N–H and O–H groups in total. The molecule has 1 aromatic rings. The van der Waals surface area contributed by atoms with Crippen LogP contribution in [0.2, 0.25) is 0 Å². The lowest BCUT2D eigenvalue weighted by atomic mass is 9.95. The highest BCUT2D eigenvalue weighted by Gasteiger charge is 2.53. The first kappa shape index (κ1) is 15.7. The molecule has 0 aliphatic carbocycles. The standard InChI is InChI=1S/C11H11F3N2O4S/c12-11(13,14)21(18,19)16-5-7(6-20-16)8-3-1-2-4-9(8)10(15)17/h1-4,7H,5-6H2,(H2,15,17)/t7-/m0/s1. The molecule has 1 aliphatic heterocycles. The smallest absolute Gasteiger partial charge is 0.366 e. The maximum Gasteiger partial charge on any atom is 0.513 e. The van der Waals surface area contributed by atoms with Crippen LogP contribution >= 0.6 is 0 Å². The number of halogens is 3. The van der Waals surface area contributed by atoms with Gasteiger partial charge < -0.3 is 5.73 Å². The molecular weight excluding hydrogens is 313 g/mol. The molecule has 0 spiro atoms. The minimum absolute atomic E-state index is 0.102. The number of benzene rings is 1. The first-order chi connectivity index (χ1) is 9.64. The molecule has 2 rings (SSSR count). The van der Waals surface area contributed by atoms with Crippen molar-refractivity contribution in [2.24, 2.45) is 5.73 Å². The van der Waals surface area contributed by atoms with Gasteiger partial charge in [-0.25, -0.2) is 8.42 Å². The molecule has 10 heteroatoms. The van der Waals surface area contributed by atoms with Crippen LogP contribution < -0.4 is 5.73 Å². The Labute approximate surface area is 118 Å². The first-order valence-corrected chi connectivity index (χ1v) is 7.19. The van der Waals surface area contributed by atoms with Gasteiger partial charge in [0, 0.05) is 11.5 Å². The van der Waals surface area contributed by atoms with Crippen LogP contribution in [-0.4, -0.2) is 37.5 Å². The fraction of sp³-hybridized carbons (Fsp3) is 0.364. The average molecular weight is 324 g/mol. The Morgan fingerprint density at radius 2 is 1.95 bits per heavy atom. The summed E-state index contributed by atoms with van der Waals surface area (Å²) in [4.78, 5) is 15.9. The van der Waals surface area contributed by atoms with Crippen LogP contribution in [0.3, 0.4) is 0 Å². The molecule has 1 amide bonds. The van der Waals surface area contributed by atoms with Gasteiger partial charge >= 0.3 is 15.5 Å². The van der Waals surface area contributed by atoms with Crippen molar-refractivity contribution >= 4 is 15.9 Å². The predicted octanol–water partition coefficient (Wildman–Crippen LogP) is 0.966. The monoisotopic (exact) mass is 324 g/mol. The van der Waals surface area contributed by atoms with Crippen molar-refractivity contribution in [2.75, 3.05) is 13.2 Å². The maximum atomic E-state index is 12.4. The summed E-state index contributed by atoms with van der Waals surface area (Å²) >= 11 is 0. The lowest BCUT2D eigenvalue weighted by molar-refractivity contribution is -0.0827. The van der Waals surface area contributed by atoms with Gasteiger partial charge in [0.2, 0.25) is 5.91 Å². The highest BCUT2D eigenvalue weighted by atomic mass is 32.2. The summed E-state index contributed by atoms with van der Waals surface area (Å²) in [6.45, 7) is -0.828. The number of nitrogens with two attached hydrogens (primary N) is 1. The predicted molar refractivity (Wildman–Crippen MR) is 65.3 cm³/mol. The van der Waals surface area contributed by atoms with Crippen molar-refractivity contribution in [2.45, 2.75) is 11.4 Å². The molecule has 21 heavy (non-hydrogen) atoms. The molecule has 116 valence electrons. The largest absolute Gasteiger partial charge is 0.513 e. The van der Waals surface area contributed by atoms with E-state index in [-0.39, 0.29) is 16.6 Å². The van der Waals surface area contributed by atoms with Crippen LogP contribution in [0.5, 0.6) is 0 Å². The Morgan fingerprint density at radius 3 is 2.52 bits per heavy atom. The van der Waals surface area contributed by atoms with Crippen molar-refractivity contribution in [1.82, 2.24) is 4.47 Å². The number of hydrogen-bond acceptors (Lipinski definition) is 4. The third kappa shape index (κ3) is 2.87. The molecule has 1 atom stereocenters. The summed E-state index contributed by atoms with van der Waals surface area (Å²) in [7, 11) is -5.56. The SMILES string of the molecule is NC(=O)c1ccccc1[C@@H]1CON(S(=O)(=O)C(F)(F)F)C1. The third-order valence-corrected chi connectivity index (χ3v) is 4.39. The van der Waals surface area contributed by atoms with Gasteiger partial charge in [-0.3, -0.25) is 9.63 Å². The van der Waals surface area contributed by atoms with E-state index in [0.29, 0.717) is 5.56 Å². The zero-order chi connectivity index (χ0) is 15.8. The summed E-state index contributed by atoms with van der Waals surface area (Å²) in [6.07, 6.45) is 0. The summed E-state index contributed by atoms with van der Waals surface area (Å²) in [6, 6.07) is 6.03. The Bertz CT molecular complexity index is 660. The second-order valence-electron chi connectivity index (χ2n) is 4.38. The number of nitrogens with zero attached hydrogens (tertiary/aromatic N) is 1. The van der Waals surface area contributed by atoms with E-state index in [1.54, 1.807) is 12.1 Å². The van der Waals surface area contributed by atoms with Crippen LogP contribution in [0.1, 0.15) is 21.8 Å². The Morgan fingerprint density at radius 1 is 1.33 bits per heavy atom. The molecule has 1 aliphatic rings. The molecule has 0 bridgehead atoms. The van der Waals surface area contributed by atoms with E-state index in [1.807, 2.05) is 0 Å². The number of hydroxylamine groups is 1. The zero-order valence-corrected chi connectivity index (χ0v) is 11.3. The number of alkyl halides is 3. The number of amides is 1. The van der Waals surface area contributed by atoms with Gasteiger partial charge in [0.05, 0.1) is 13.2 Å². The van der Waals surface area contributed by atoms with Gasteiger partial charge in [0.1, 0.15) is 0 Å². The number of carbonyl (C=O) groups is 1. The maximum absolute atomic E-state index is 12.4. The summed E-state index contributed by atoms with van der Waals surface area (Å²) < 4.78 is 59.7. The number of primary amides is 1. The van der Waals surface area contributed by atoms with Crippen molar-refractivity contribution in [1.29, 1.82) is 0 Å². The zero-order valence-electron chi connectivity index (χ0n) is 10.5. The van der Waals surface area contributed by atoms with E-state index >= 15 is 0 Å². The minimum atomic E-state index is -5.56. The first-order valence-electron chi connectivity index (χ1n) is 5.75. The van der Waals surface area contributed by atoms with E-state index in [4.69, 9.17) is 5.73 Å². The van der Waals surface area contributed by atoms with Gasteiger partial charge in [-0.2, -0.15) is 13.2 Å². The molecule has 0 aromatic heterocycles. The quantitative estimate of drug-likeness (QED) is 0.897. The molecule has 0 unspecified atom stereocenters. The van der Waals surface area contributed by atoms with Crippen LogP contribution in [0, 0.1) is 0 Å². The van der Waals surface area contributed by atoms with Gasteiger partial charge in [0.15, 0.2) is 0 Å². The Balaban J connectivity index is 2.27. The topological polar surface area (TPSA) is 89.7 Å². The van der Waals surface area contributed by atoms with Crippen LogP contribution in [0.25, 0.3) is 0 Å². The lowest BCUT2D eigenvalue weighted by Crippen LogP contribution is -2.38. The van der Waals surface area contributed by atoms with Gasteiger partial charge in [-0.15, -0.1) is 0 Å². The number of sulfonamides is 1. The normalized spacial score (nSPS) is 20.6. The van der Waals surface area contributed by atoms with Crippen LogP contribution in [0.15, 0.2) is 24.3 Å². The van der Waals surface area contributed by atoms with Crippen LogP contribution in [-0.2, 0) is 14.9 Å². The number of rotatable bonds is 3. The van der Waals surface area contributed by atoms with E-state index in [1.165, 1.54) is 12.1 Å². The van der Waals surface area contributed by atoms with Crippen molar-refractivity contribution < 1.29 is 31.2 Å². The summed E-state index contributed by atoms with van der Waals surface area (Å²) in [5.74, 6) is -1.45. The van der Waals surface area contributed by atoms with Crippen molar-refractivity contribution in [3.63, 3.8) is 0 Å². The van der Waals surface area contributed by atoms with E-state index in [9.17, 15) is 26.4 Å². The van der Waals surface area contributed by atoms with Crippen molar-refractivity contribution in [3.8, 4) is 0 Å². The third-order valence-electron chi connectivity index (χ3n) is 3.02. The molecular formula is C11H11F3N2O4S. The second-order valence-corrected chi connectivity index (χ2v) is 6.20. The minimum Gasteiger partial charge on any atom is -0.366 e. The fourth-order valence-corrected chi connectivity index (χ4v) is 2.81. The highest BCUT2D eigenvalue weighted by molar-refractivity contribution is 7.89. The van der Waals surface area contributed by atoms with E-state index in [0.717, 1.165) is 0 Å². The molecule has 0 radical (unpaired) electrons. The van der Waals surface area contributed by atoms with Crippen molar-refractivity contribution in [3.05, 3.63) is 35.4 Å². The Kier molecular flexibility index (Phi) is 3.95. The number of hydrogen-bond donors (Lipinski definition) is 1. The highest BCUT2D eigenvalue weighted by Crippen LogP contribution is 2.34. The summed E-state index contributed by atoms with van der Waals surface area (Å²) in [5.41, 5.74) is 0.215. The molecule has 1 aromatic carbocycles. The summed E-state index contributed by atoms with van der Waals surface area (Å²) in [5, 5.41) is 0. The molecule has 1 fully saturated rings. The molecule has 1 heterocycles.